The summed E-state index contributed by atoms with van der Waals surface area (Å²) >= 11 is 0. The SMILES string of the molecule is CC/C=C(/C)C(=O)N[C@@H](C(=O)O)c1ccccc1. The van der Waals surface area contributed by atoms with E-state index in [4.69, 9.17) is 5.11 Å². The number of nitrogens with one attached hydrogen (secondary N) is 1. The largest absolute Gasteiger partial charge is 0.479 e. The molecule has 1 rings (SSSR count). The van der Waals surface area contributed by atoms with Crippen molar-refractivity contribution in [2.24, 2.45) is 0 Å². The number of aliphatic carboxylic acids is 1. The zero-order valence-corrected chi connectivity index (χ0v) is 10.5. The molecule has 0 saturated heterocycles. The highest BCUT2D eigenvalue weighted by Crippen LogP contribution is 2.13. The molecule has 1 amide bonds. The average Bonchev–Trinajstić information content (AvgIpc) is 2.36. The first-order valence-corrected chi connectivity index (χ1v) is 5.81. The smallest absolute Gasteiger partial charge is 0.330 e. The number of carboxylic acid groups (broad SMARTS) is 1. The number of rotatable bonds is 5. The van der Waals surface area contributed by atoms with Crippen molar-refractivity contribution in [1.82, 2.24) is 5.32 Å². The molecular formula is C14H17NO3. The number of hydrogen-bond donors (Lipinski definition) is 2. The molecule has 0 aliphatic carbocycles. The third-order valence-corrected chi connectivity index (χ3v) is 2.52. The van der Waals surface area contributed by atoms with E-state index in [2.05, 4.69) is 5.32 Å². The van der Waals surface area contributed by atoms with E-state index in [1.54, 1.807) is 43.3 Å². The van der Waals surface area contributed by atoms with Crippen molar-refractivity contribution in [3.05, 3.63) is 47.5 Å². The van der Waals surface area contributed by atoms with E-state index < -0.39 is 12.0 Å². The summed E-state index contributed by atoms with van der Waals surface area (Å²) in [5.41, 5.74) is 1.09. The lowest BCUT2D eigenvalue weighted by Crippen LogP contribution is -2.34. The summed E-state index contributed by atoms with van der Waals surface area (Å²) in [6.07, 6.45) is 2.50. The van der Waals surface area contributed by atoms with Gasteiger partial charge in [-0.3, -0.25) is 4.79 Å². The Morgan fingerprint density at radius 1 is 1.33 bits per heavy atom. The van der Waals surface area contributed by atoms with Gasteiger partial charge in [-0.05, 0) is 18.9 Å². The van der Waals surface area contributed by atoms with Gasteiger partial charge in [-0.2, -0.15) is 0 Å². The van der Waals surface area contributed by atoms with Gasteiger partial charge in [0, 0.05) is 5.57 Å². The van der Waals surface area contributed by atoms with Gasteiger partial charge in [0.15, 0.2) is 6.04 Å². The topological polar surface area (TPSA) is 66.4 Å². The minimum atomic E-state index is -1.07. The van der Waals surface area contributed by atoms with Crippen molar-refractivity contribution >= 4 is 11.9 Å². The highest BCUT2D eigenvalue weighted by atomic mass is 16.4. The van der Waals surface area contributed by atoms with E-state index in [0.29, 0.717) is 11.1 Å². The van der Waals surface area contributed by atoms with Crippen LogP contribution in [0.1, 0.15) is 31.9 Å². The molecule has 1 aromatic carbocycles. The van der Waals surface area contributed by atoms with Gasteiger partial charge in [0.25, 0.3) is 0 Å². The second kappa shape index (κ2) is 6.59. The predicted octanol–water partition coefficient (Wildman–Crippen LogP) is 2.28. The maximum atomic E-state index is 11.8. The van der Waals surface area contributed by atoms with Crippen LogP contribution in [0.5, 0.6) is 0 Å². The number of carbonyl (C=O) groups is 2. The third kappa shape index (κ3) is 3.73. The van der Waals surface area contributed by atoms with Crippen molar-refractivity contribution in [3.8, 4) is 0 Å². The lowest BCUT2D eigenvalue weighted by Gasteiger charge is -2.15. The minimum absolute atomic E-state index is 0.354. The molecule has 4 heteroatoms. The summed E-state index contributed by atoms with van der Waals surface area (Å²) < 4.78 is 0. The lowest BCUT2D eigenvalue weighted by atomic mass is 10.1. The molecule has 0 unspecified atom stereocenters. The predicted molar refractivity (Wildman–Crippen MR) is 69.0 cm³/mol. The van der Waals surface area contributed by atoms with Crippen LogP contribution in [0.15, 0.2) is 42.0 Å². The highest BCUT2D eigenvalue weighted by Gasteiger charge is 2.21. The second-order valence-corrected chi connectivity index (χ2v) is 3.95. The number of carboxylic acids is 1. The molecule has 0 radical (unpaired) electrons. The van der Waals surface area contributed by atoms with E-state index in [1.807, 2.05) is 6.92 Å². The maximum Gasteiger partial charge on any atom is 0.330 e. The molecule has 0 aliphatic heterocycles. The summed E-state index contributed by atoms with van der Waals surface area (Å²) in [4.78, 5) is 23.0. The average molecular weight is 247 g/mol. The molecule has 0 aliphatic rings. The maximum absolute atomic E-state index is 11.8. The highest BCUT2D eigenvalue weighted by molar-refractivity contribution is 5.95. The Labute approximate surface area is 106 Å². The van der Waals surface area contributed by atoms with Crippen LogP contribution >= 0.6 is 0 Å². The molecule has 0 fully saturated rings. The van der Waals surface area contributed by atoms with Crippen LogP contribution in [0, 0.1) is 0 Å². The van der Waals surface area contributed by atoms with Gasteiger partial charge in [0.2, 0.25) is 5.91 Å². The summed E-state index contributed by atoms with van der Waals surface area (Å²) in [6.45, 7) is 3.59. The van der Waals surface area contributed by atoms with Crippen LogP contribution in [0.2, 0.25) is 0 Å². The fourth-order valence-electron chi connectivity index (χ4n) is 1.58. The molecule has 0 aromatic heterocycles. The van der Waals surface area contributed by atoms with Crippen LogP contribution in [-0.4, -0.2) is 17.0 Å². The quantitative estimate of drug-likeness (QED) is 0.784. The molecule has 0 bridgehead atoms. The van der Waals surface area contributed by atoms with E-state index in [1.165, 1.54) is 0 Å². The van der Waals surface area contributed by atoms with Crippen LogP contribution in [0.25, 0.3) is 0 Å². The standard InChI is InChI=1S/C14H17NO3/c1-3-7-10(2)13(16)15-12(14(17)18)11-8-5-4-6-9-11/h4-9,12H,3H2,1-2H3,(H,15,16)(H,17,18)/b10-7-/t12-/m1/s1. The molecule has 1 aromatic rings. The van der Waals surface area contributed by atoms with Gasteiger partial charge in [-0.25, -0.2) is 4.79 Å². The Kier molecular flexibility index (Phi) is 5.11. The van der Waals surface area contributed by atoms with E-state index in [0.717, 1.165) is 6.42 Å². The van der Waals surface area contributed by atoms with Crippen LogP contribution in [-0.2, 0) is 9.59 Å². The van der Waals surface area contributed by atoms with Crippen LogP contribution in [0.3, 0.4) is 0 Å². The molecular weight excluding hydrogens is 230 g/mol. The van der Waals surface area contributed by atoms with Crippen molar-refractivity contribution in [2.45, 2.75) is 26.3 Å². The Morgan fingerprint density at radius 3 is 2.44 bits per heavy atom. The van der Waals surface area contributed by atoms with Gasteiger partial charge < -0.3 is 10.4 Å². The summed E-state index contributed by atoms with van der Waals surface area (Å²) in [5.74, 6) is -1.42. The van der Waals surface area contributed by atoms with Gasteiger partial charge in [0.1, 0.15) is 0 Å². The van der Waals surface area contributed by atoms with Gasteiger partial charge in [-0.15, -0.1) is 0 Å². The monoisotopic (exact) mass is 247 g/mol. The first-order chi connectivity index (χ1) is 8.56. The summed E-state index contributed by atoms with van der Waals surface area (Å²) in [6, 6.07) is 7.62. The number of amides is 1. The lowest BCUT2D eigenvalue weighted by molar-refractivity contribution is -0.141. The van der Waals surface area contributed by atoms with Crippen molar-refractivity contribution < 1.29 is 14.7 Å². The molecule has 4 nitrogen and oxygen atoms in total. The zero-order valence-electron chi connectivity index (χ0n) is 10.5. The number of allylic oxidation sites excluding steroid dienone is 1. The molecule has 1 atom stereocenters. The number of benzene rings is 1. The van der Waals surface area contributed by atoms with Crippen LogP contribution in [0.4, 0.5) is 0 Å². The van der Waals surface area contributed by atoms with Gasteiger partial charge >= 0.3 is 5.97 Å². The van der Waals surface area contributed by atoms with Gasteiger partial charge in [0.05, 0.1) is 0 Å². The molecule has 2 N–H and O–H groups in total. The Morgan fingerprint density at radius 2 is 1.94 bits per heavy atom. The summed E-state index contributed by atoms with van der Waals surface area (Å²) in [7, 11) is 0. The summed E-state index contributed by atoms with van der Waals surface area (Å²) in [5, 5.41) is 11.7. The Balaban J connectivity index is 2.86. The van der Waals surface area contributed by atoms with Crippen LogP contribution < -0.4 is 5.32 Å². The van der Waals surface area contributed by atoms with Crippen molar-refractivity contribution in [2.75, 3.05) is 0 Å². The number of hydrogen-bond acceptors (Lipinski definition) is 2. The van der Waals surface area contributed by atoms with E-state index in [9.17, 15) is 9.59 Å². The second-order valence-electron chi connectivity index (χ2n) is 3.95. The van der Waals surface area contributed by atoms with E-state index >= 15 is 0 Å². The molecule has 0 heterocycles. The molecule has 96 valence electrons. The third-order valence-electron chi connectivity index (χ3n) is 2.52. The molecule has 0 spiro atoms. The molecule has 0 saturated carbocycles. The van der Waals surface area contributed by atoms with E-state index in [-0.39, 0.29) is 5.91 Å². The Bertz CT molecular complexity index is 451. The van der Waals surface area contributed by atoms with Crippen molar-refractivity contribution in [1.29, 1.82) is 0 Å². The zero-order chi connectivity index (χ0) is 13.5. The number of carbonyl (C=O) groups excluding carboxylic acids is 1. The first kappa shape index (κ1) is 14.0. The first-order valence-electron chi connectivity index (χ1n) is 5.81. The minimum Gasteiger partial charge on any atom is -0.479 e. The van der Waals surface area contributed by atoms with Gasteiger partial charge in [-0.1, -0.05) is 43.3 Å². The fourth-order valence-corrected chi connectivity index (χ4v) is 1.58. The Hall–Kier alpha value is -2.10. The molecule has 18 heavy (non-hydrogen) atoms. The fraction of sp³-hybridized carbons (Fsp3) is 0.286. The normalized spacial score (nSPS) is 12.9. The van der Waals surface area contributed by atoms with Crippen molar-refractivity contribution in [3.63, 3.8) is 0 Å².